The van der Waals surface area contributed by atoms with E-state index in [4.69, 9.17) is 11.6 Å². The predicted octanol–water partition coefficient (Wildman–Crippen LogP) is 6.07. The van der Waals surface area contributed by atoms with Crippen molar-refractivity contribution in [3.63, 3.8) is 0 Å². The molecule has 0 aliphatic heterocycles. The van der Waals surface area contributed by atoms with Gasteiger partial charge in [-0.05, 0) is 84.7 Å². The first-order valence-electron chi connectivity index (χ1n) is 12.0. The summed E-state index contributed by atoms with van der Waals surface area (Å²) in [7, 11) is -3.52. The summed E-state index contributed by atoms with van der Waals surface area (Å²) in [5.74, 6) is -0.143. The molecule has 5 nitrogen and oxygen atoms in total. The first kappa shape index (κ1) is 25.3. The molecule has 35 heavy (non-hydrogen) atoms. The molecule has 0 saturated carbocycles. The van der Waals surface area contributed by atoms with Crippen molar-refractivity contribution in [1.29, 1.82) is 0 Å². The number of benzene rings is 3. The molecule has 0 saturated heterocycles. The summed E-state index contributed by atoms with van der Waals surface area (Å²) in [6.45, 7) is 2.22. The maximum Gasteiger partial charge on any atom is 0.251 e. The van der Waals surface area contributed by atoms with Crippen LogP contribution < -0.4 is 9.62 Å². The number of nitrogens with one attached hydrogen (secondary N) is 1. The number of amides is 1. The van der Waals surface area contributed by atoms with Crippen molar-refractivity contribution in [3.8, 4) is 0 Å². The number of carbonyl (C=O) groups excluding carboxylic acids is 1. The Kier molecular flexibility index (Phi) is 7.82. The smallest absolute Gasteiger partial charge is 0.251 e. The molecule has 1 N–H and O–H groups in total. The van der Waals surface area contributed by atoms with Gasteiger partial charge in [0.2, 0.25) is 10.0 Å². The molecule has 0 spiro atoms. The van der Waals surface area contributed by atoms with E-state index in [1.165, 1.54) is 34.5 Å². The van der Waals surface area contributed by atoms with E-state index in [1.54, 1.807) is 48.5 Å². The number of aryl methyl sites for hydroxylation is 2. The average molecular weight is 511 g/mol. The molecule has 1 amide bonds. The number of halogens is 1. The number of hydrogen-bond acceptors (Lipinski definition) is 3. The minimum atomic E-state index is -3.52. The van der Waals surface area contributed by atoms with E-state index >= 15 is 0 Å². The molecule has 3 aromatic carbocycles. The largest absolute Gasteiger partial charge is 0.345 e. The van der Waals surface area contributed by atoms with Gasteiger partial charge in [-0.15, -0.1) is 0 Å². The van der Waals surface area contributed by atoms with Gasteiger partial charge in [-0.1, -0.05) is 54.9 Å². The molecular weight excluding hydrogens is 480 g/mol. The zero-order valence-electron chi connectivity index (χ0n) is 20.1. The Morgan fingerprint density at radius 2 is 1.71 bits per heavy atom. The van der Waals surface area contributed by atoms with Crippen molar-refractivity contribution in [2.24, 2.45) is 0 Å². The summed E-state index contributed by atoms with van der Waals surface area (Å²) in [5, 5.41) is 3.63. The van der Waals surface area contributed by atoms with E-state index in [1.807, 2.05) is 0 Å². The van der Waals surface area contributed by atoms with Crippen molar-refractivity contribution in [2.45, 2.75) is 51.6 Å². The Morgan fingerprint density at radius 1 is 1.00 bits per heavy atom. The highest BCUT2D eigenvalue weighted by molar-refractivity contribution is 7.92. The van der Waals surface area contributed by atoms with E-state index < -0.39 is 10.0 Å². The van der Waals surface area contributed by atoms with Gasteiger partial charge in [0.1, 0.15) is 0 Å². The average Bonchev–Trinajstić information content (AvgIpc) is 2.85. The van der Waals surface area contributed by atoms with Crippen LogP contribution in [0.15, 0.2) is 66.7 Å². The zero-order valence-corrected chi connectivity index (χ0v) is 21.7. The summed E-state index contributed by atoms with van der Waals surface area (Å²) < 4.78 is 26.1. The van der Waals surface area contributed by atoms with Crippen LogP contribution in [0.4, 0.5) is 5.69 Å². The molecule has 0 radical (unpaired) electrons. The van der Waals surface area contributed by atoms with Crippen molar-refractivity contribution >= 4 is 33.2 Å². The highest BCUT2D eigenvalue weighted by Gasteiger charge is 2.20. The van der Waals surface area contributed by atoms with Crippen LogP contribution in [0, 0.1) is 0 Å². The Morgan fingerprint density at radius 3 is 2.37 bits per heavy atom. The van der Waals surface area contributed by atoms with E-state index in [9.17, 15) is 13.2 Å². The van der Waals surface area contributed by atoms with Gasteiger partial charge in [0.05, 0.1) is 24.5 Å². The summed E-state index contributed by atoms with van der Waals surface area (Å²) in [6.07, 6.45) is 6.68. The summed E-state index contributed by atoms with van der Waals surface area (Å²) in [6, 6.07) is 20.3. The van der Waals surface area contributed by atoms with Crippen LogP contribution in [0.2, 0.25) is 5.02 Å². The quantitative estimate of drug-likeness (QED) is 0.400. The van der Waals surface area contributed by atoms with Crippen LogP contribution in [-0.2, 0) is 29.4 Å². The van der Waals surface area contributed by atoms with Crippen LogP contribution in [0.25, 0.3) is 0 Å². The third-order valence-electron chi connectivity index (χ3n) is 6.53. The van der Waals surface area contributed by atoms with Crippen molar-refractivity contribution in [2.75, 3.05) is 10.6 Å². The monoisotopic (exact) mass is 510 g/mol. The minimum absolute atomic E-state index is 0.0574. The number of carbonyl (C=O) groups is 1. The second-order valence-electron chi connectivity index (χ2n) is 9.12. The third kappa shape index (κ3) is 6.24. The van der Waals surface area contributed by atoms with Gasteiger partial charge in [0, 0.05) is 10.6 Å². The highest BCUT2D eigenvalue weighted by Crippen LogP contribution is 2.27. The van der Waals surface area contributed by atoms with Gasteiger partial charge >= 0.3 is 0 Å². The maximum absolute atomic E-state index is 13.0. The van der Waals surface area contributed by atoms with Crippen LogP contribution >= 0.6 is 11.6 Å². The SMILES string of the molecule is CC[C@H](NC(=O)c1ccc(CN(c2cccc(Cl)c2)S(C)(=O)=O)cc1)c1ccc2c(c1)CCCC2. The van der Waals surface area contributed by atoms with Gasteiger partial charge in [-0.2, -0.15) is 0 Å². The van der Waals surface area contributed by atoms with Crippen LogP contribution in [0.5, 0.6) is 0 Å². The number of anilines is 1. The second-order valence-corrected chi connectivity index (χ2v) is 11.5. The lowest BCUT2D eigenvalue weighted by Gasteiger charge is -2.23. The van der Waals surface area contributed by atoms with Gasteiger partial charge in [-0.25, -0.2) is 8.42 Å². The molecule has 1 atom stereocenters. The number of hydrogen-bond donors (Lipinski definition) is 1. The van der Waals surface area contributed by atoms with Crippen LogP contribution in [0.3, 0.4) is 0 Å². The van der Waals surface area contributed by atoms with Gasteiger partial charge < -0.3 is 5.32 Å². The number of nitrogens with zero attached hydrogens (tertiary/aromatic N) is 1. The fourth-order valence-corrected chi connectivity index (χ4v) is 5.66. The van der Waals surface area contributed by atoms with Gasteiger partial charge in [-0.3, -0.25) is 9.10 Å². The van der Waals surface area contributed by atoms with Gasteiger partial charge in [0.15, 0.2) is 0 Å². The van der Waals surface area contributed by atoms with Crippen molar-refractivity contribution < 1.29 is 13.2 Å². The summed E-state index contributed by atoms with van der Waals surface area (Å²) in [5.41, 5.74) is 5.78. The van der Waals surface area contributed by atoms with Crippen molar-refractivity contribution in [1.82, 2.24) is 5.32 Å². The molecule has 1 aliphatic rings. The molecular formula is C28H31ClN2O3S. The predicted molar refractivity (Wildman–Crippen MR) is 143 cm³/mol. The molecule has 0 unspecified atom stereocenters. The summed E-state index contributed by atoms with van der Waals surface area (Å²) in [4.78, 5) is 13.0. The van der Waals surface area contributed by atoms with Crippen molar-refractivity contribution in [3.05, 3.63) is 99.6 Å². The second kappa shape index (κ2) is 10.8. The molecule has 3 aromatic rings. The zero-order chi connectivity index (χ0) is 25.0. The Labute approximate surface area is 213 Å². The van der Waals surface area contributed by atoms with E-state index in [0.717, 1.165) is 30.4 Å². The molecule has 1 aliphatic carbocycles. The molecule has 0 bridgehead atoms. The minimum Gasteiger partial charge on any atom is -0.345 e. The first-order chi connectivity index (χ1) is 16.7. The number of rotatable bonds is 8. The van der Waals surface area contributed by atoms with E-state index in [-0.39, 0.29) is 18.5 Å². The first-order valence-corrected chi connectivity index (χ1v) is 14.2. The lowest BCUT2D eigenvalue weighted by Crippen LogP contribution is -2.29. The lowest BCUT2D eigenvalue weighted by molar-refractivity contribution is 0.0935. The number of fused-ring (bicyclic) bond motifs is 1. The molecule has 0 heterocycles. The Bertz CT molecular complexity index is 1310. The summed E-state index contributed by atoms with van der Waals surface area (Å²) >= 11 is 6.06. The highest BCUT2D eigenvalue weighted by atomic mass is 35.5. The molecule has 7 heteroatoms. The topological polar surface area (TPSA) is 66.5 Å². The molecule has 0 aromatic heterocycles. The Hall–Kier alpha value is -2.83. The maximum atomic E-state index is 13.0. The van der Waals surface area contributed by atoms with Crippen LogP contribution in [-0.4, -0.2) is 20.6 Å². The van der Waals surface area contributed by atoms with E-state index in [0.29, 0.717) is 16.3 Å². The lowest BCUT2D eigenvalue weighted by atomic mass is 9.88. The van der Waals surface area contributed by atoms with Gasteiger partial charge in [0.25, 0.3) is 5.91 Å². The molecule has 0 fully saturated rings. The van der Waals surface area contributed by atoms with E-state index in [2.05, 4.69) is 30.4 Å². The fourth-order valence-electron chi connectivity index (χ4n) is 4.59. The number of sulfonamides is 1. The Balaban J connectivity index is 1.47. The fraction of sp³-hybridized carbons (Fsp3) is 0.321. The normalized spacial score (nSPS) is 14.1. The molecule has 184 valence electrons. The molecule has 4 rings (SSSR count). The third-order valence-corrected chi connectivity index (χ3v) is 7.90. The standard InChI is InChI=1S/C28H31ClN2O3S/c1-3-27(24-16-15-21-7-4-5-8-23(21)17-24)30-28(32)22-13-11-20(12-14-22)19-31(35(2,33)34)26-10-6-9-25(29)18-26/h6,9-18,27H,3-5,7-8,19H2,1-2H3,(H,30,32)/t27-/m0/s1. The van der Waals surface area contributed by atoms with Crippen LogP contribution in [0.1, 0.15) is 64.8 Å².